The molecule has 1 aromatic carbocycles. The van der Waals surface area contributed by atoms with Crippen LogP contribution in [0.15, 0.2) is 29.1 Å². The van der Waals surface area contributed by atoms with Crippen molar-refractivity contribution < 1.29 is 34.4 Å². The SMILES string of the molecule is O=C(O)CNC(=O)c1c(O)c2c([nH]c1=O)C(Cc1ccccc1C(=O)O)OC2. The number of carboxylic acid groups (broad SMARTS) is 2. The van der Waals surface area contributed by atoms with Crippen LogP contribution in [0.1, 0.15) is 43.6 Å². The number of rotatable bonds is 6. The maximum absolute atomic E-state index is 12.3. The van der Waals surface area contributed by atoms with Gasteiger partial charge in [-0.2, -0.15) is 0 Å². The smallest absolute Gasteiger partial charge is 0.335 e. The lowest BCUT2D eigenvalue weighted by Crippen LogP contribution is -2.34. The summed E-state index contributed by atoms with van der Waals surface area (Å²) in [6, 6.07) is 6.33. The summed E-state index contributed by atoms with van der Waals surface area (Å²) < 4.78 is 5.58. The van der Waals surface area contributed by atoms with Gasteiger partial charge in [-0.3, -0.25) is 14.4 Å². The van der Waals surface area contributed by atoms with Crippen molar-refractivity contribution in [3.63, 3.8) is 0 Å². The van der Waals surface area contributed by atoms with Gasteiger partial charge in [0.2, 0.25) is 0 Å². The number of nitrogens with one attached hydrogen (secondary N) is 2. The average molecular weight is 388 g/mol. The Morgan fingerprint density at radius 1 is 1.21 bits per heavy atom. The molecule has 1 aromatic heterocycles. The zero-order valence-electron chi connectivity index (χ0n) is 14.4. The second kappa shape index (κ2) is 7.53. The number of aromatic amines is 1. The van der Waals surface area contributed by atoms with Crippen LogP contribution in [-0.4, -0.2) is 44.7 Å². The number of aromatic nitrogens is 1. The van der Waals surface area contributed by atoms with Crippen LogP contribution in [0.25, 0.3) is 0 Å². The Kier molecular flexibility index (Phi) is 5.14. The number of amides is 1. The molecule has 0 radical (unpaired) electrons. The highest BCUT2D eigenvalue weighted by Crippen LogP contribution is 2.37. The lowest BCUT2D eigenvalue weighted by Gasteiger charge is -2.13. The van der Waals surface area contributed by atoms with Crippen molar-refractivity contribution in [2.75, 3.05) is 6.54 Å². The zero-order valence-corrected chi connectivity index (χ0v) is 14.4. The number of hydrogen-bond acceptors (Lipinski definition) is 6. The Bertz CT molecular complexity index is 1030. The number of hydrogen-bond donors (Lipinski definition) is 5. The minimum Gasteiger partial charge on any atom is -0.506 e. The summed E-state index contributed by atoms with van der Waals surface area (Å²) >= 11 is 0. The molecular formula is C18H16N2O8. The molecule has 0 bridgehead atoms. The van der Waals surface area contributed by atoms with Gasteiger partial charge in [-0.15, -0.1) is 0 Å². The van der Waals surface area contributed by atoms with Crippen LogP contribution in [0.4, 0.5) is 0 Å². The van der Waals surface area contributed by atoms with E-state index in [0.29, 0.717) is 5.56 Å². The molecule has 3 rings (SSSR count). The van der Waals surface area contributed by atoms with Gasteiger partial charge in [0.15, 0.2) is 0 Å². The molecule has 0 saturated carbocycles. The molecule has 1 atom stereocenters. The second-order valence-electron chi connectivity index (χ2n) is 6.11. The van der Waals surface area contributed by atoms with Gasteiger partial charge in [0.25, 0.3) is 11.5 Å². The van der Waals surface area contributed by atoms with E-state index in [9.17, 15) is 29.4 Å². The third-order valence-electron chi connectivity index (χ3n) is 4.35. The molecule has 1 aliphatic rings. The number of benzene rings is 1. The second-order valence-corrected chi connectivity index (χ2v) is 6.11. The van der Waals surface area contributed by atoms with E-state index in [-0.39, 0.29) is 29.8 Å². The lowest BCUT2D eigenvalue weighted by atomic mass is 9.98. The van der Waals surface area contributed by atoms with E-state index in [1.165, 1.54) is 6.07 Å². The Morgan fingerprint density at radius 3 is 2.61 bits per heavy atom. The van der Waals surface area contributed by atoms with Gasteiger partial charge in [0, 0.05) is 12.0 Å². The number of fused-ring (bicyclic) bond motifs is 1. The van der Waals surface area contributed by atoms with Crippen molar-refractivity contribution in [2.24, 2.45) is 0 Å². The first-order valence-corrected chi connectivity index (χ1v) is 8.20. The monoisotopic (exact) mass is 388 g/mol. The van der Waals surface area contributed by atoms with E-state index in [1.54, 1.807) is 18.2 Å². The highest BCUT2D eigenvalue weighted by atomic mass is 16.5. The van der Waals surface area contributed by atoms with Crippen LogP contribution < -0.4 is 10.9 Å². The van der Waals surface area contributed by atoms with Gasteiger partial charge < -0.3 is 30.4 Å². The molecule has 28 heavy (non-hydrogen) atoms. The number of H-pyrrole nitrogens is 1. The molecular weight excluding hydrogens is 372 g/mol. The van der Waals surface area contributed by atoms with Gasteiger partial charge in [0.05, 0.1) is 17.9 Å². The summed E-state index contributed by atoms with van der Waals surface area (Å²) in [5.41, 5.74) is -0.487. The van der Waals surface area contributed by atoms with Crippen molar-refractivity contribution in [1.82, 2.24) is 10.3 Å². The summed E-state index contributed by atoms with van der Waals surface area (Å²) in [6.45, 7) is -0.809. The van der Waals surface area contributed by atoms with Crippen molar-refractivity contribution in [3.8, 4) is 5.75 Å². The van der Waals surface area contributed by atoms with E-state index in [2.05, 4.69) is 4.98 Å². The number of aromatic carboxylic acids is 1. The number of carbonyl (C=O) groups excluding carboxylic acids is 1. The molecule has 1 amide bonds. The highest BCUT2D eigenvalue weighted by Gasteiger charge is 2.32. The average Bonchev–Trinajstić information content (AvgIpc) is 3.03. The molecule has 1 aliphatic heterocycles. The number of aliphatic carboxylic acids is 1. The van der Waals surface area contributed by atoms with E-state index >= 15 is 0 Å². The first-order chi connectivity index (χ1) is 13.3. The standard InChI is InChI=1S/C18H16N2O8/c21-12(22)6-19-16(24)13-15(23)10-7-28-11(14(10)20-17(13)25)5-8-3-1-2-4-9(8)18(26)27/h1-4,11H,5-7H2,(H,19,24)(H,21,22)(H,26,27)(H2,20,23,25). The van der Waals surface area contributed by atoms with Gasteiger partial charge >= 0.3 is 11.9 Å². The fourth-order valence-electron chi connectivity index (χ4n) is 3.06. The molecule has 2 heterocycles. The van der Waals surface area contributed by atoms with E-state index in [0.717, 1.165) is 0 Å². The minimum atomic E-state index is -1.30. The van der Waals surface area contributed by atoms with Crippen molar-refractivity contribution in [2.45, 2.75) is 19.1 Å². The molecule has 0 spiro atoms. The first kappa shape index (κ1) is 19.1. The Balaban J connectivity index is 1.92. The number of pyridine rings is 1. The third-order valence-corrected chi connectivity index (χ3v) is 4.35. The Labute approximate surface area is 157 Å². The van der Waals surface area contributed by atoms with Gasteiger partial charge in [-0.1, -0.05) is 18.2 Å². The largest absolute Gasteiger partial charge is 0.506 e. The molecule has 0 aliphatic carbocycles. The van der Waals surface area contributed by atoms with Crippen LogP contribution in [0, 0.1) is 0 Å². The maximum atomic E-state index is 12.3. The predicted molar refractivity (Wildman–Crippen MR) is 93.3 cm³/mol. The van der Waals surface area contributed by atoms with Gasteiger partial charge in [-0.05, 0) is 11.6 Å². The van der Waals surface area contributed by atoms with Crippen molar-refractivity contribution >= 4 is 17.8 Å². The summed E-state index contributed by atoms with van der Waals surface area (Å²) in [6.07, 6.45) is -0.583. The topological polar surface area (TPSA) is 166 Å². The number of carbonyl (C=O) groups is 3. The van der Waals surface area contributed by atoms with Crippen LogP contribution in [-0.2, 0) is 22.6 Å². The van der Waals surface area contributed by atoms with Crippen LogP contribution in [0.5, 0.6) is 5.75 Å². The number of ether oxygens (including phenoxy) is 1. The maximum Gasteiger partial charge on any atom is 0.335 e. The fourth-order valence-corrected chi connectivity index (χ4v) is 3.06. The van der Waals surface area contributed by atoms with E-state index in [4.69, 9.17) is 9.84 Å². The molecule has 2 aromatic rings. The molecule has 10 nitrogen and oxygen atoms in total. The quantitative estimate of drug-likeness (QED) is 0.474. The Hall–Kier alpha value is -3.66. The van der Waals surface area contributed by atoms with Crippen molar-refractivity contribution in [3.05, 3.63) is 62.6 Å². The highest BCUT2D eigenvalue weighted by molar-refractivity contribution is 5.98. The molecule has 1 unspecified atom stereocenters. The molecule has 5 N–H and O–H groups in total. The van der Waals surface area contributed by atoms with Crippen molar-refractivity contribution in [1.29, 1.82) is 0 Å². The van der Waals surface area contributed by atoms with E-state index in [1.807, 2.05) is 5.32 Å². The van der Waals surface area contributed by atoms with Crippen LogP contribution >= 0.6 is 0 Å². The lowest BCUT2D eigenvalue weighted by molar-refractivity contribution is -0.135. The summed E-state index contributed by atoms with van der Waals surface area (Å²) in [7, 11) is 0. The van der Waals surface area contributed by atoms with Crippen LogP contribution in [0.3, 0.4) is 0 Å². The zero-order chi connectivity index (χ0) is 20.4. The minimum absolute atomic E-state index is 0.0933. The normalized spacial score (nSPS) is 15.1. The molecule has 0 saturated heterocycles. The number of carboxylic acids is 2. The van der Waals surface area contributed by atoms with E-state index < -0.39 is 47.4 Å². The molecule has 0 fully saturated rings. The summed E-state index contributed by atoms with van der Waals surface area (Å²) in [5.74, 6) is -4.01. The molecule has 146 valence electrons. The predicted octanol–water partition coefficient (Wildman–Crippen LogP) is 0.407. The van der Waals surface area contributed by atoms with Gasteiger partial charge in [0.1, 0.15) is 24.0 Å². The number of aromatic hydroxyl groups is 1. The fraction of sp³-hybridized carbons (Fsp3) is 0.222. The molecule has 10 heteroatoms. The summed E-state index contributed by atoms with van der Waals surface area (Å²) in [4.78, 5) is 48.7. The van der Waals surface area contributed by atoms with Gasteiger partial charge in [-0.25, -0.2) is 4.79 Å². The third kappa shape index (κ3) is 3.58. The summed E-state index contributed by atoms with van der Waals surface area (Å²) in [5, 5.41) is 30.3. The van der Waals surface area contributed by atoms with Crippen LogP contribution in [0.2, 0.25) is 0 Å². The Morgan fingerprint density at radius 2 is 1.93 bits per heavy atom. The first-order valence-electron chi connectivity index (χ1n) is 8.20.